The summed E-state index contributed by atoms with van der Waals surface area (Å²) in [5.74, 6) is 0. The smallest absolute Gasteiger partial charge is 0.247 e. The number of rotatable bonds is 1. The molecule has 0 amide bonds. The van der Waals surface area contributed by atoms with Crippen LogP contribution in [0, 0.1) is 0 Å². The van der Waals surface area contributed by atoms with Crippen LogP contribution in [-0.2, 0) is 0 Å². The lowest BCUT2D eigenvalue weighted by molar-refractivity contribution is 0.559. The first kappa shape index (κ1) is 9.85. The molecule has 3 heterocycles. The largest absolute Gasteiger partial charge is 0.329 e. The van der Waals surface area contributed by atoms with Gasteiger partial charge in [0.05, 0.1) is 0 Å². The molecule has 2 bridgehead atoms. The second kappa shape index (κ2) is 3.91. The monoisotopic (exact) mass is 216 g/mol. The van der Waals surface area contributed by atoms with Crippen molar-refractivity contribution in [2.45, 2.75) is 37.8 Å². The van der Waals surface area contributed by atoms with Crippen molar-refractivity contribution in [3.8, 4) is 0 Å². The van der Waals surface area contributed by atoms with Crippen LogP contribution >= 0.6 is 0 Å². The predicted molar refractivity (Wildman–Crippen MR) is 64.2 cm³/mol. The Balaban J connectivity index is 1.95. The lowest BCUT2D eigenvalue weighted by Gasteiger charge is -2.14. The van der Waals surface area contributed by atoms with Gasteiger partial charge in [0, 0.05) is 24.3 Å². The summed E-state index contributed by atoms with van der Waals surface area (Å²) >= 11 is 0. The molecular weight excluding hydrogens is 200 g/mol. The van der Waals surface area contributed by atoms with Crippen molar-refractivity contribution < 1.29 is 0 Å². The van der Waals surface area contributed by atoms with E-state index in [-0.39, 0.29) is 5.56 Å². The van der Waals surface area contributed by atoms with Crippen LogP contribution in [0.5, 0.6) is 0 Å². The van der Waals surface area contributed by atoms with E-state index in [1.807, 2.05) is 12.3 Å². The summed E-state index contributed by atoms with van der Waals surface area (Å²) < 4.78 is 0. The zero-order valence-corrected chi connectivity index (χ0v) is 9.20. The fourth-order valence-corrected chi connectivity index (χ4v) is 2.78. The molecule has 1 fully saturated rings. The van der Waals surface area contributed by atoms with E-state index in [1.165, 1.54) is 24.8 Å². The molecule has 1 saturated heterocycles. The Kier molecular flexibility index (Phi) is 2.40. The Morgan fingerprint density at radius 1 is 1.19 bits per heavy atom. The van der Waals surface area contributed by atoms with Crippen molar-refractivity contribution in [1.29, 1.82) is 0 Å². The minimum absolute atomic E-state index is 0.0322. The van der Waals surface area contributed by atoms with E-state index in [2.05, 4.69) is 16.4 Å². The molecule has 0 saturated carbocycles. The Morgan fingerprint density at radius 2 is 2.12 bits per heavy atom. The molecule has 1 aromatic heterocycles. The number of hydrogen-bond donors (Lipinski definition) is 2. The highest BCUT2D eigenvalue weighted by Crippen LogP contribution is 2.31. The third-order valence-electron chi connectivity index (χ3n) is 3.61. The zero-order valence-electron chi connectivity index (χ0n) is 9.20. The van der Waals surface area contributed by atoms with Crippen molar-refractivity contribution in [2.24, 2.45) is 0 Å². The van der Waals surface area contributed by atoms with Gasteiger partial charge in [-0.3, -0.25) is 4.79 Å². The van der Waals surface area contributed by atoms with Gasteiger partial charge in [0.25, 0.3) is 0 Å². The number of aromatic amines is 1. The average molecular weight is 216 g/mol. The minimum atomic E-state index is -0.0322. The standard InChI is InChI=1S/C13H16N2O/c16-13-7-4-9(8-14-13)11-3-1-2-10-5-6-12(11)15-10/h3-4,7-8,10,12,15H,1-2,5-6H2,(H,14,16). The highest BCUT2D eigenvalue weighted by atomic mass is 16.1. The van der Waals surface area contributed by atoms with Crippen LogP contribution in [-0.4, -0.2) is 17.1 Å². The topological polar surface area (TPSA) is 44.9 Å². The van der Waals surface area contributed by atoms with Crippen molar-refractivity contribution in [1.82, 2.24) is 10.3 Å². The van der Waals surface area contributed by atoms with Gasteiger partial charge in [0.1, 0.15) is 0 Å². The number of fused-ring (bicyclic) bond motifs is 2. The van der Waals surface area contributed by atoms with Crippen molar-refractivity contribution >= 4 is 5.57 Å². The summed E-state index contributed by atoms with van der Waals surface area (Å²) in [5.41, 5.74) is 2.48. The summed E-state index contributed by atoms with van der Waals surface area (Å²) in [6, 6.07) is 4.71. The van der Waals surface area contributed by atoms with E-state index in [0.29, 0.717) is 12.1 Å². The molecule has 3 rings (SSSR count). The van der Waals surface area contributed by atoms with Gasteiger partial charge in [0.2, 0.25) is 5.56 Å². The summed E-state index contributed by atoms with van der Waals surface area (Å²) in [6.45, 7) is 0. The molecule has 0 spiro atoms. The molecule has 2 unspecified atom stereocenters. The molecule has 2 aliphatic heterocycles. The van der Waals surface area contributed by atoms with Crippen LogP contribution in [0.1, 0.15) is 31.2 Å². The molecule has 3 heteroatoms. The van der Waals surface area contributed by atoms with E-state index in [1.54, 1.807) is 6.07 Å². The summed E-state index contributed by atoms with van der Waals surface area (Å²) in [4.78, 5) is 13.8. The minimum Gasteiger partial charge on any atom is -0.329 e. The van der Waals surface area contributed by atoms with Gasteiger partial charge in [-0.25, -0.2) is 0 Å². The van der Waals surface area contributed by atoms with E-state index in [0.717, 1.165) is 12.0 Å². The lowest BCUT2D eigenvalue weighted by Crippen LogP contribution is -2.28. The van der Waals surface area contributed by atoms with Gasteiger partial charge in [-0.2, -0.15) is 0 Å². The van der Waals surface area contributed by atoms with Gasteiger partial charge in [-0.05, 0) is 42.9 Å². The molecule has 2 N–H and O–H groups in total. The third kappa shape index (κ3) is 1.71. The molecule has 84 valence electrons. The molecule has 3 nitrogen and oxygen atoms in total. The van der Waals surface area contributed by atoms with E-state index < -0.39 is 0 Å². The molecule has 0 aliphatic carbocycles. The van der Waals surface area contributed by atoms with Gasteiger partial charge in [0.15, 0.2) is 0 Å². The fraction of sp³-hybridized carbons (Fsp3) is 0.462. The Hall–Kier alpha value is -1.35. The van der Waals surface area contributed by atoms with E-state index in [9.17, 15) is 4.79 Å². The number of aromatic nitrogens is 1. The van der Waals surface area contributed by atoms with Crippen LogP contribution in [0.15, 0.2) is 29.2 Å². The van der Waals surface area contributed by atoms with Crippen LogP contribution in [0.2, 0.25) is 0 Å². The molecule has 16 heavy (non-hydrogen) atoms. The average Bonchev–Trinajstić information content (AvgIpc) is 2.63. The van der Waals surface area contributed by atoms with Crippen molar-refractivity contribution in [3.63, 3.8) is 0 Å². The fourth-order valence-electron chi connectivity index (χ4n) is 2.78. The van der Waals surface area contributed by atoms with Gasteiger partial charge in [-0.15, -0.1) is 0 Å². The Bertz CT molecular complexity index is 455. The molecule has 1 aromatic rings. The maximum atomic E-state index is 11.0. The number of hydrogen-bond acceptors (Lipinski definition) is 2. The molecular formula is C13H16N2O. The summed E-state index contributed by atoms with van der Waals surface area (Å²) in [7, 11) is 0. The first-order valence-electron chi connectivity index (χ1n) is 5.98. The molecule has 0 aromatic carbocycles. The second-order valence-corrected chi connectivity index (χ2v) is 4.67. The first-order chi connectivity index (χ1) is 7.83. The molecule has 2 aliphatic rings. The quantitative estimate of drug-likeness (QED) is 0.750. The lowest BCUT2D eigenvalue weighted by atomic mass is 9.95. The second-order valence-electron chi connectivity index (χ2n) is 4.67. The summed E-state index contributed by atoms with van der Waals surface area (Å²) in [6.07, 6.45) is 9.03. The van der Waals surface area contributed by atoms with E-state index in [4.69, 9.17) is 0 Å². The van der Waals surface area contributed by atoms with Gasteiger partial charge < -0.3 is 10.3 Å². The maximum Gasteiger partial charge on any atom is 0.247 e. The maximum absolute atomic E-state index is 11.0. The third-order valence-corrected chi connectivity index (χ3v) is 3.61. The highest BCUT2D eigenvalue weighted by molar-refractivity contribution is 5.69. The number of H-pyrrole nitrogens is 1. The summed E-state index contributed by atoms with van der Waals surface area (Å²) in [5, 5.41) is 3.66. The number of pyridine rings is 1. The van der Waals surface area contributed by atoms with Crippen LogP contribution in [0.3, 0.4) is 0 Å². The number of nitrogens with one attached hydrogen (secondary N) is 2. The van der Waals surface area contributed by atoms with Crippen LogP contribution in [0.25, 0.3) is 5.57 Å². The van der Waals surface area contributed by atoms with E-state index >= 15 is 0 Å². The normalized spacial score (nSPS) is 28.6. The Morgan fingerprint density at radius 3 is 2.94 bits per heavy atom. The molecule has 2 atom stereocenters. The predicted octanol–water partition coefficient (Wildman–Crippen LogP) is 1.67. The van der Waals surface area contributed by atoms with Gasteiger partial charge in [-0.1, -0.05) is 6.08 Å². The number of allylic oxidation sites excluding steroid dienone is 1. The molecule has 0 radical (unpaired) electrons. The van der Waals surface area contributed by atoms with Crippen LogP contribution < -0.4 is 10.9 Å². The zero-order chi connectivity index (χ0) is 11.0. The van der Waals surface area contributed by atoms with Crippen molar-refractivity contribution in [3.05, 3.63) is 40.3 Å². The van der Waals surface area contributed by atoms with Gasteiger partial charge >= 0.3 is 0 Å². The Labute approximate surface area is 94.6 Å². The van der Waals surface area contributed by atoms with Crippen molar-refractivity contribution in [2.75, 3.05) is 0 Å². The first-order valence-corrected chi connectivity index (χ1v) is 5.98. The SMILES string of the molecule is O=c1ccc(C2=CCCC3CCC2N3)c[nH]1. The van der Waals surface area contributed by atoms with Crippen LogP contribution in [0.4, 0.5) is 0 Å². The highest BCUT2D eigenvalue weighted by Gasteiger charge is 2.28.